The molecule has 0 saturated heterocycles. The van der Waals surface area contributed by atoms with Crippen LogP contribution in [0.5, 0.6) is 11.5 Å². The molecule has 0 aliphatic heterocycles. The number of fused-ring (bicyclic) bond motifs is 1. The molecule has 0 bridgehead atoms. The summed E-state index contributed by atoms with van der Waals surface area (Å²) >= 11 is 3.99. The maximum atomic E-state index is 13.7. The van der Waals surface area contributed by atoms with Crippen molar-refractivity contribution in [3.05, 3.63) is 90.3 Å². The number of unbranched alkanes of at least 4 members (excludes halogenated alkanes) is 1. The fraction of sp³-hybridized carbons (Fsp3) is 0.179. The van der Waals surface area contributed by atoms with Gasteiger partial charge in [-0.3, -0.25) is 4.79 Å². The van der Waals surface area contributed by atoms with E-state index in [2.05, 4.69) is 0 Å². The van der Waals surface area contributed by atoms with Gasteiger partial charge in [-0.2, -0.15) is 0 Å². The smallest absolute Gasteiger partial charge is 0.343 e. The molecule has 4 aromatic rings. The average molecular weight is 708 g/mol. The highest BCUT2D eigenvalue weighted by Crippen LogP contribution is 2.34. The number of benzene rings is 3. The maximum Gasteiger partial charge on any atom is 0.343 e. The molecule has 4 rings (SSSR count). The van der Waals surface area contributed by atoms with Gasteiger partial charge in [0.1, 0.15) is 28.6 Å². The number of hydrogen-bond donors (Lipinski definition) is 1. The Labute approximate surface area is 235 Å². The Morgan fingerprint density at radius 2 is 1.61 bits per heavy atom. The van der Waals surface area contributed by atoms with Crippen molar-refractivity contribution in [2.24, 2.45) is 0 Å². The molecule has 6 nitrogen and oxygen atoms in total. The van der Waals surface area contributed by atoms with Crippen LogP contribution < -0.4 is 4.74 Å². The summed E-state index contributed by atoms with van der Waals surface area (Å²) in [5.41, 5.74) is 1.73. The lowest BCUT2D eigenvalue weighted by Gasteiger charge is -2.07. The fourth-order valence-electron chi connectivity index (χ4n) is 3.86. The number of furan rings is 1. The van der Waals surface area contributed by atoms with Crippen molar-refractivity contribution in [1.82, 2.24) is 0 Å². The van der Waals surface area contributed by atoms with E-state index in [-0.39, 0.29) is 17.3 Å². The molecule has 0 amide bonds. The van der Waals surface area contributed by atoms with Gasteiger partial charge in [0.25, 0.3) is 0 Å². The molecule has 1 aromatic heterocycles. The number of carbonyl (C=O) groups is 3. The molecule has 0 saturated carbocycles. The van der Waals surface area contributed by atoms with Gasteiger partial charge in [0.2, 0.25) is 0 Å². The van der Waals surface area contributed by atoms with Crippen LogP contribution in [-0.2, 0) is 11.2 Å². The first-order valence-electron chi connectivity index (χ1n) is 11.3. The van der Waals surface area contributed by atoms with Gasteiger partial charge in [-0.15, -0.1) is 0 Å². The van der Waals surface area contributed by atoms with E-state index in [1.165, 1.54) is 0 Å². The summed E-state index contributed by atoms with van der Waals surface area (Å²) in [4.78, 5) is 37.5. The Morgan fingerprint density at radius 1 is 0.917 bits per heavy atom. The number of hydrogen-bond acceptors (Lipinski definition) is 6. The third-order valence-electron chi connectivity index (χ3n) is 5.64. The molecule has 0 fully saturated rings. The van der Waals surface area contributed by atoms with Crippen molar-refractivity contribution >= 4 is 73.7 Å². The van der Waals surface area contributed by atoms with Crippen LogP contribution in [0.1, 0.15) is 58.2 Å². The third-order valence-corrected chi connectivity index (χ3v) is 7.29. The Morgan fingerprint density at radius 3 is 2.28 bits per heavy atom. The molecule has 0 spiro atoms. The van der Waals surface area contributed by atoms with Crippen LogP contribution in [0.15, 0.2) is 65.1 Å². The van der Waals surface area contributed by atoms with Crippen LogP contribution in [0.4, 0.5) is 0 Å². The van der Waals surface area contributed by atoms with Crippen molar-refractivity contribution in [2.45, 2.75) is 32.6 Å². The van der Waals surface area contributed by atoms with Gasteiger partial charge in [-0.25, -0.2) is 4.79 Å². The Hall–Kier alpha value is -2.73. The SMILES string of the molecule is CC(=O)CCCCc1oc2cc(OC(=O)c3ccccc3)ccc2c1C(=O)c1cc(I)c(O)c(I)c1. The second-order valence-corrected chi connectivity index (χ2v) is 10.7. The van der Waals surface area contributed by atoms with Gasteiger partial charge in [0.15, 0.2) is 5.78 Å². The number of rotatable bonds is 9. The molecular formula is C28H22I2O6. The van der Waals surface area contributed by atoms with Crippen LogP contribution in [0.25, 0.3) is 11.0 Å². The van der Waals surface area contributed by atoms with E-state index < -0.39 is 5.97 Å². The summed E-state index contributed by atoms with van der Waals surface area (Å²) in [5, 5.41) is 10.7. The number of aromatic hydroxyl groups is 1. The first kappa shape index (κ1) is 26.3. The molecule has 0 unspecified atom stereocenters. The summed E-state index contributed by atoms with van der Waals surface area (Å²) in [7, 11) is 0. The zero-order valence-electron chi connectivity index (χ0n) is 19.3. The average Bonchev–Trinajstić information content (AvgIpc) is 3.22. The molecular weight excluding hydrogens is 686 g/mol. The van der Waals surface area contributed by atoms with Crippen LogP contribution in [0.3, 0.4) is 0 Å². The molecule has 0 radical (unpaired) electrons. The van der Waals surface area contributed by atoms with E-state index in [0.717, 1.165) is 0 Å². The Balaban J connectivity index is 1.70. The minimum atomic E-state index is -0.490. The van der Waals surface area contributed by atoms with E-state index in [1.807, 2.05) is 51.2 Å². The third kappa shape index (κ3) is 5.97. The molecule has 36 heavy (non-hydrogen) atoms. The van der Waals surface area contributed by atoms with E-state index >= 15 is 0 Å². The number of halogens is 2. The molecule has 0 aliphatic rings. The molecule has 0 aliphatic carbocycles. The van der Waals surface area contributed by atoms with E-state index in [9.17, 15) is 19.5 Å². The largest absolute Gasteiger partial charge is 0.506 e. The van der Waals surface area contributed by atoms with Gasteiger partial charge in [-0.1, -0.05) is 18.2 Å². The summed E-state index contributed by atoms with van der Waals surface area (Å²) < 4.78 is 12.8. The minimum absolute atomic E-state index is 0.119. The lowest BCUT2D eigenvalue weighted by molar-refractivity contribution is -0.117. The number of ketones is 2. The van der Waals surface area contributed by atoms with Crippen LogP contribution in [0, 0.1) is 7.14 Å². The first-order chi connectivity index (χ1) is 17.2. The summed E-state index contributed by atoms with van der Waals surface area (Å²) in [5.74, 6) is 0.369. The van der Waals surface area contributed by atoms with E-state index in [0.29, 0.717) is 72.0 Å². The van der Waals surface area contributed by atoms with Gasteiger partial charge in [0, 0.05) is 29.9 Å². The first-order valence-corrected chi connectivity index (χ1v) is 13.4. The van der Waals surface area contributed by atoms with Crippen molar-refractivity contribution < 1.29 is 28.6 Å². The minimum Gasteiger partial charge on any atom is -0.506 e. The topological polar surface area (TPSA) is 93.8 Å². The highest BCUT2D eigenvalue weighted by molar-refractivity contribution is 14.1. The number of ether oxygens (including phenoxy) is 1. The van der Waals surface area contributed by atoms with Crippen molar-refractivity contribution in [2.75, 3.05) is 0 Å². The number of aryl methyl sites for hydroxylation is 1. The van der Waals surface area contributed by atoms with Crippen molar-refractivity contribution in [3.8, 4) is 11.5 Å². The quantitative estimate of drug-likeness (QED) is 0.0656. The number of carbonyl (C=O) groups excluding carboxylic acids is 3. The fourth-order valence-corrected chi connectivity index (χ4v) is 5.62. The maximum absolute atomic E-state index is 13.7. The molecule has 1 heterocycles. The van der Waals surface area contributed by atoms with E-state index in [1.54, 1.807) is 61.5 Å². The van der Waals surface area contributed by atoms with Gasteiger partial charge in [0.05, 0.1) is 18.3 Å². The molecule has 0 atom stereocenters. The van der Waals surface area contributed by atoms with Crippen molar-refractivity contribution in [3.63, 3.8) is 0 Å². The number of Topliss-reactive ketones (excluding diaryl/α,β-unsaturated/α-hetero) is 1. The number of esters is 1. The number of phenols is 1. The Bertz CT molecular complexity index is 1430. The van der Waals surface area contributed by atoms with Crippen LogP contribution >= 0.6 is 45.2 Å². The van der Waals surface area contributed by atoms with Crippen LogP contribution in [-0.4, -0.2) is 22.6 Å². The zero-order chi connectivity index (χ0) is 25.8. The second kappa shape index (κ2) is 11.5. The standard InChI is InChI=1S/C28H22I2O6/c1-16(31)7-5-6-10-23-25(26(32)18-13-21(29)27(33)22(30)14-18)20-12-11-19(15-24(20)36-23)35-28(34)17-8-3-2-4-9-17/h2-4,8-9,11-15,33H,5-7,10H2,1H3. The second-order valence-electron chi connectivity index (χ2n) is 8.34. The molecule has 8 heteroatoms. The molecule has 1 N–H and O–H groups in total. The van der Waals surface area contributed by atoms with Gasteiger partial charge in [-0.05, 0) is 101 Å². The van der Waals surface area contributed by atoms with Crippen LogP contribution in [0.2, 0.25) is 0 Å². The summed E-state index contributed by atoms with van der Waals surface area (Å²) in [6.45, 7) is 1.56. The zero-order valence-corrected chi connectivity index (χ0v) is 23.7. The molecule has 184 valence electrons. The predicted molar refractivity (Wildman–Crippen MR) is 153 cm³/mol. The summed E-state index contributed by atoms with van der Waals surface area (Å²) in [6, 6.07) is 16.9. The molecule has 3 aromatic carbocycles. The normalized spacial score (nSPS) is 11.0. The number of phenolic OH excluding ortho intramolecular Hbond substituents is 1. The monoisotopic (exact) mass is 708 g/mol. The Kier molecular flexibility index (Phi) is 8.45. The van der Waals surface area contributed by atoms with Gasteiger partial charge < -0.3 is 19.1 Å². The van der Waals surface area contributed by atoms with Crippen molar-refractivity contribution in [1.29, 1.82) is 0 Å². The highest BCUT2D eigenvalue weighted by atomic mass is 127. The lowest BCUT2D eigenvalue weighted by Crippen LogP contribution is -2.08. The predicted octanol–water partition coefficient (Wildman–Crippen LogP) is 7.10. The van der Waals surface area contributed by atoms with Gasteiger partial charge >= 0.3 is 5.97 Å². The highest BCUT2D eigenvalue weighted by Gasteiger charge is 2.24. The van der Waals surface area contributed by atoms with E-state index in [4.69, 9.17) is 9.15 Å². The summed E-state index contributed by atoms with van der Waals surface area (Å²) in [6.07, 6.45) is 2.32. The lowest BCUT2D eigenvalue weighted by atomic mass is 9.98.